The van der Waals surface area contributed by atoms with E-state index in [1.807, 2.05) is 57.2 Å². The lowest BCUT2D eigenvalue weighted by atomic mass is 10.1. The molecule has 0 aromatic heterocycles. The first kappa shape index (κ1) is 17.2. The number of halogens is 1. The van der Waals surface area contributed by atoms with E-state index in [-0.39, 0.29) is 12.5 Å². The molecule has 0 heterocycles. The Kier molecular flexibility index (Phi) is 5.93. The van der Waals surface area contributed by atoms with Crippen LogP contribution in [0, 0.1) is 20.8 Å². The molecule has 2 rings (SSSR count). The second-order valence-corrected chi connectivity index (χ2v) is 6.21. The van der Waals surface area contributed by atoms with Gasteiger partial charge in [0.25, 0.3) is 5.91 Å². The van der Waals surface area contributed by atoms with Crippen molar-refractivity contribution in [2.45, 2.75) is 20.8 Å². The van der Waals surface area contributed by atoms with Crippen LogP contribution in [0.5, 0.6) is 5.75 Å². The summed E-state index contributed by atoms with van der Waals surface area (Å²) in [5.41, 5.74) is 6.56. The van der Waals surface area contributed by atoms with Gasteiger partial charge in [-0.3, -0.25) is 4.79 Å². The third kappa shape index (κ3) is 4.93. The maximum atomic E-state index is 11.8. The minimum atomic E-state index is -0.295. The van der Waals surface area contributed by atoms with Crippen molar-refractivity contribution in [2.24, 2.45) is 5.10 Å². The van der Waals surface area contributed by atoms with Crippen LogP contribution in [0.25, 0.3) is 0 Å². The SMILES string of the molecule is Cc1ccc(C)c(OCC(=O)N/N=C/c2cccc(Br)c2)c1C. The van der Waals surface area contributed by atoms with Crippen molar-refractivity contribution in [3.8, 4) is 5.75 Å². The maximum Gasteiger partial charge on any atom is 0.277 e. The van der Waals surface area contributed by atoms with Crippen LogP contribution in [-0.2, 0) is 4.79 Å². The van der Waals surface area contributed by atoms with E-state index in [4.69, 9.17) is 4.74 Å². The van der Waals surface area contributed by atoms with Crippen LogP contribution in [-0.4, -0.2) is 18.7 Å². The smallest absolute Gasteiger partial charge is 0.277 e. The fourth-order valence-electron chi connectivity index (χ4n) is 2.08. The molecule has 2 aromatic rings. The molecule has 0 aliphatic carbocycles. The standard InChI is InChI=1S/C18H19BrN2O2/c1-12-7-8-13(2)18(14(12)3)23-11-17(22)21-20-10-15-5-4-6-16(19)9-15/h4-10H,11H2,1-3H3,(H,21,22)/b20-10+. The highest BCUT2D eigenvalue weighted by Gasteiger charge is 2.08. The molecule has 0 aliphatic heterocycles. The van der Waals surface area contributed by atoms with Crippen LogP contribution < -0.4 is 10.2 Å². The molecule has 23 heavy (non-hydrogen) atoms. The summed E-state index contributed by atoms with van der Waals surface area (Å²) in [6, 6.07) is 11.7. The number of carbonyl (C=O) groups excluding carboxylic acids is 1. The molecule has 0 fully saturated rings. The molecule has 0 saturated carbocycles. The molecule has 0 bridgehead atoms. The number of rotatable bonds is 5. The van der Waals surface area contributed by atoms with Crippen molar-refractivity contribution in [1.29, 1.82) is 0 Å². The lowest BCUT2D eigenvalue weighted by Gasteiger charge is -2.13. The number of benzene rings is 2. The summed E-state index contributed by atoms with van der Waals surface area (Å²) in [6.07, 6.45) is 1.59. The van der Waals surface area contributed by atoms with E-state index in [2.05, 4.69) is 26.5 Å². The minimum Gasteiger partial charge on any atom is -0.483 e. The van der Waals surface area contributed by atoms with Gasteiger partial charge < -0.3 is 4.74 Å². The average Bonchev–Trinajstić information content (AvgIpc) is 2.51. The third-order valence-corrected chi connectivity index (χ3v) is 3.97. The molecular formula is C18H19BrN2O2. The first-order valence-electron chi connectivity index (χ1n) is 7.24. The number of carbonyl (C=O) groups is 1. The number of hydrazone groups is 1. The Morgan fingerprint density at radius 1 is 1.22 bits per heavy atom. The highest BCUT2D eigenvalue weighted by atomic mass is 79.9. The normalized spacial score (nSPS) is 10.8. The molecule has 0 atom stereocenters. The lowest BCUT2D eigenvalue weighted by molar-refractivity contribution is -0.123. The van der Waals surface area contributed by atoms with E-state index in [1.54, 1.807) is 6.21 Å². The molecule has 0 aliphatic rings. The first-order valence-corrected chi connectivity index (χ1v) is 8.03. The van der Waals surface area contributed by atoms with Crippen LogP contribution in [0.4, 0.5) is 0 Å². The van der Waals surface area contributed by atoms with Gasteiger partial charge in [0.15, 0.2) is 6.61 Å². The molecule has 4 nitrogen and oxygen atoms in total. The fraction of sp³-hybridized carbons (Fsp3) is 0.222. The zero-order valence-corrected chi connectivity index (χ0v) is 15.0. The third-order valence-electron chi connectivity index (χ3n) is 3.47. The quantitative estimate of drug-likeness (QED) is 0.637. The number of nitrogens with zero attached hydrogens (tertiary/aromatic N) is 1. The highest BCUT2D eigenvalue weighted by molar-refractivity contribution is 9.10. The maximum absolute atomic E-state index is 11.8. The Labute approximate surface area is 144 Å². The second-order valence-electron chi connectivity index (χ2n) is 5.29. The van der Waals surface area contributed by atoms with E-state index in [1.165, 1.54) is 0 Å². The van der Waals surface area contributed by atoms with Gasteiger partial charge >= 0.3 is 0 Å². The molecule has 0 unspecified atom stereocenters. The van der Waals surface area contributed by atoms with Gasteiger partial charge in [0.1, 0.15) is 5.75 Å². The summed E-state index contributed by atoms with van der Waals surface area (Å²) in [4.78, 5) is 11.8. The molecule has 0 saturated heterocycles. The molecule has 1 amide bonds. The van der Waals surface area contributed by atoms with E-state index >= 15 is 0 Å². The van der Waals surface area contributed by atoms with Crippen LogP contribution in [0.3, 0.4) is 0 Å². The van der Waals surface area contributed by atoms with E-state index in [0.29, 0.717) is 0 Å². The van der Waals surface area contributed by atoms with Crippen LogP contribution >= 0.6 is 15.9 Å². The van der Waals surface area contributed by atoms with Gasteiger partial charge in [-0.15, -0.1) is 0 Å². The summed E-state index contributed by atoms with van der Waals surface area (Å²) in [7, 11) is 0. The van der Waals surface area contributed by atoms with Crippen LogP contribution in [0.2, 0.25) is 0 Å². The molecule has 0 radical (unpaired) electrons. The van der Waals surface area contributed by atoms with Gasteiger partial charge in [0.05, 0.1) is 6.21 Å². The van der Waals surface area contributed by atoms with Gasteiger partial charge in [-0.05, 0) is 55.2 Å². The summed E-state index contributed by atoms with van der Waals surface area (Å²) >= 11 is 3.38. The Morgan fingerprint density at radius 2 is 1.96 bits per heavy atom. The summed E-state index contributed by atoms with van der Waals surface area (Å²) in [5, 5.41) is 3.93. The van der Waals surface area contributed by atoms with Gasteiger partial charge in [-0.1, -0.05) is 40.2 Å². The predicted molar refractivity (Wildman–Crippen MR) is 96.0 cm³/mol. The van der Waals surface area contributed by atoms with Crippen molar-refractivity contribution in [3.63, 3.8) is 0 Å². The zero-order valence-electron chi connectivity index (χ0n) is 13.4. The summed E-state index contributed by atoms with van der Waals surface area (Å²) in [6.45, 7) is 5.90. The second kappa shape index (κ2) is 7.92. The van der Waals surface area contributed by atoms with Crippen molar-refractivity contribution in [3.05, 3.63) is 63.1 Å². The molecule has 0 spiro atoms. The lowest BCUT2D eigenvalue weighted by Crippen LogP contribution is -2.25. The largest absolute Gasteiger partial charge is 0.483 e. The number of hydrogen-bond acceptors (Lipinski definition) is 3. The fourth-order valence-corrected chi connectivity index (χ4v) is 2.50. The van der Waals surface area contributed by atoms with Crippen molar-refractivity contribution >= 4 is 28.1 Å². The van der Waals surface area contributed by atoms with Gasteiger partial charge in [0.2, 0.25) is 0 Å². The number of amides is 1. The van der Waals surface area contributed by atoms with E-state index < -0.39 is 0 Å². The molecular weight excluding hydrogens is 356 g/mol. The molecule has 5 heteroatoms. The first-order chi connectivity index (χ1) is 11.0. The topological polar surface area (TPSA) is 50.7 Å². The predicted octanol–water partition coefficient (Wildman–Crippen LogP) is 3.90. The van der Waals surface area contributed by atoms with E-state index in [0.717, 1.165) is 32.5 Å². The van der Waals surface area contributed by atoms with Crippen LogP contribution in [0.1, 0.15) is 22.3 Å². The van der Waals surface area contributed by atoms with Gasteiger partial charge in [-0.25, -0.2) is 5.43 Å². The number of aryl methyl sites for hydroxylation is 2. The molecule has 1 N–H and O–H groups in total. The number of nitrogens with one attached hydrogen (secondary N) is 1. The summed E-state index contributed by atoms with van der Waals surface area (Å²) in [5.74, 6) is 0.465. The Balaban J connectivity index is 1.90. The Bertz CT molecular complexity index is 742. The van der Waals surface area contributed by atoms with E-state index in [9.17, 15) is 4.79 Å². The van der Waals surface area contributed by atoms with Crippen LogP contribution in [0.15, 0.2) is 46.0 Å². The monoisotopic (exact) mass is 374 g/mol. The Hall–Kier alpha value is -2.14. The van der Waals surface area contributed by atoms with Crippen molar-refractivity contribution in [2.75, 3.05) is 6.61 Å². The van der Waals surface area contributed by atoms with Crippen molar-refractivity contribution < 1.29 is 9.53 Å². The van der Waals surface area contributed by atoms with Crippen molar-refractivity contribution in [1.82, 2.24) is 5.43 Å². The van der Waals surface area contributed by atoms with Gasteiger partial charge in [0, 0.05) is 4.47 Å². The average molecular weight is 375 g/mol. The number of ether oxygens (including phenoxy) is 1. The summed E-state index contributed by atoms with van der Waals surface area (Å²) < 4.78 is 6.60. The molecule has 120 valence electrons. The minimum absolute atomic E-state index is 0.0685. The molecule has 2 aromatic carbocycles. The Morgan fingerprint density at radius 3 is 2.70 bits per heavy atom. The number of hydrogen-bond donors (Lipinski definition) is 1. The zero-order chi connectivity index (χ0) is 16.8. The van der Waals surface area contributed by atoms with Gasteiger partial charge in [-0.2, -0.15) is 5.10 Å². The highest BCUT2D eigenvalue weighted by Crippen LogP contribution is 2.25.